The van der Waals surface area contributed by atoms with Crippen molar-refractivity contribution in [2.45, 2.75) is 25.4 Å². The molecule has 0 amide bonds. The standard InChI is InChI=1S/C20H20F4N2O/c21-15-6-4-14(5-7-15)16(10-13-27)17-8-9-18(20(22,23)24)25-19(17)26-11-2-1-3-12-26/h4-10,27H,1-3,11-13H2. The molecule has 1 N–H and O–H groups in total. The first-order chi connectivity index (χ1) is 12.9. The fraction of sp³-hybridized carbons (Fsp3) is 0.350. The van der Waals surface area contributed by atoms with Crippen molar-refractivity contribution in [2.75, 3.05) is 24.6 Å². The molecule has 1 aliphatic rings. The highest BCUT2D eigenvalue weighted by Crippen LogP contribution is 2.36. The number of hydrogen-bond donors (Lipinski definition) is 1. The Labute approximate surface area is 155 Å². The maximum absolute atomic E-state index is 13.3. The number of anilines is 1. The molecule has 7 heteroatoms. The van der Waals surface area contributed by atoms with E-state index in [9.17, 15) is 22.7 Å². The van der Waals surface area contributed by atoms with Crippen molar-refractivity contribution in [1.82, 2.24) is 4.98 Å². The van der Waals surface area contributed by atoms with Crippen LogP contribution in [0.25, 0.3) is 5.57 Å². The van der Waals surface area contributed by atoms with Gasteiger partial charge in [-0.1, -0.05) is 18.2 Å². The first-order valence-corrected chi connectivity index (χ1v) is 8.80. The van der Waals surface area contributed by atoms with Crippen molar-refractivity contribution >= 4 is 11.4 Å². The van der Waals surface area contributed by atoms with Gasteiger partial charge in [-0.25, -0.2) is 9.37 Å². The molecular weight excluding hydrogens is 360 g/mol. The molecule has 0 atom stereocenters. The summed E-state index contributed by atoms with van der Waals surface area (Å²) in [6, 6.07) is 7.95. The van der Waals surface area contributed by atoms with Gasteiger partial charge in [-0.3, -0.25) is 0 Å². The van der Waals surface area contributed by atoms with Gasteiger partial charge in [0.05, 0.1) is 6.61 Å². The summed E-state index contributed by atoms with van der Waals surface area (Å²) in [4.78, 5) is 5.77. The van der Waals surface area contributed by atoms with Crippen LogP contribution in [0.3, 0.4) is 0 Å². The zero-order valence-electron chi connectivity index (χ0n) is 14.6. The van der Waals surface area contributed by atoms with Gasteiger partial charge in [0.1, 0.15) is 17.3 Å². The average molecular weight is 380 g/mol. The Balaban J connectivity index is 2.13. The van der Waals surface area contributed by atoms with Crippen molar-refractivity contribution in [2.24, 2.45) is 0 Å². The Morgan fingerprint density at radius 3 is 2.30 bits per heavy atom. The molecule has 0 radical (unpaired) electrons. The zero-order chi connectivity index (χ0) is 19.4. The van der Waals surface area contributed by atoms with Gasteiger partial charge in [-0.2, -0.15) is 13.2 Å². The van der Waals surface area contributed by atoms with Crippen LogP contribution in [0.5, 0.6) is 0 Å². The van der Waals surface area contributed by atoms with Gasteiger partial charge in [0.2, 0.25) is 0 Å². The third-order valence-corrected chi connectivity index (χ3v) is 4.56. The fourth-order valence-electron chi connectivity index (χ4n) is 3.27. The number of nitrogens with zero attached hydrogens (tertiary/aromatic N) is 2. The Morgan fingerprint density at radius 2 is 1.70 bits per heavy atom. The lowest BCUT2D eigenvalue weighted by molar-refractivity contribution is -0.141. The molecule has 0 spiro atoms. The van der Waals surface area contributed by atoms with Crippen LogP contribution in [0, 0.1) is 5.82 Å². The highest BCUT2D eigenvalue weighted by molar-refractivity contribution is 5.85. The summed E-state index contributed by atoms with van der Waals surface area (Å²) in [5.74, 6) is -0.169. The number of benzene rings is 1. The number of pyridine rings is 1. The summed E-state index contributed by atoms with van der Waals surface area (Å²) in [6.45, 7) is 0.946. The van der Waals surface area contributed by atoms with E-state index in [1.165, 1.54) is 36.4 Å². The van der Waals surface area contributed by atoms with E-state index in [1.807, 2.05) is 4.90 Å². The second-order valence-corrected chi connectivity index (χ2v) is 6.42. The van der Waals surface area contributed by atoms with Crippen LogP contribution < -0.4 is 4.90 Å². The smallest absolute Gasteiger partial charge is 0.392 e. The van der Waals surface area contributed by atoms with E-state index in [2.05, 4.69) is 4.98 Å². The van der Waals surface area contributed by atoms with Gasteiger partial charge >= 0.3 is 6.18 Å². The summed E-state index contributed by atoms with van der Waals surface area (Å²) in [5.41, 5.74) is 0.671. The lowest BCUT2D eigenvalue weighted by Crippen LogP contribution is -2.31. The third kappa shape index (κ3) is 4.47. The molecule has 1 aromatic heterocycles. The van der Waals surface area contributed by atoms with Crippen LogP contribution in [0.15, 0.2) is 42.5 Å². The lowest BCUT2D eigenvalue weighted by atomic mass is 9.96. The van der Waals surface area contributed by atoms with Crippen molar-refractivity contribution in [3.05, 3.63) is 65.1 Å². The number of aliphatic hydroxyl groups is 1. The average Bonchev–Trinajstić information content (AvgIpc) is 2.66. The number of aliphatic hydroxyl groups excluding tert-OH is 1. The van der Waals surface area contributed by atoms with E-state index in [0.717, 1.165) is 25.3 Å². The Kier molecular flexibility index (Phi) is 5.79. The lowest BCUT2D eigenvalue weighted by Gasteiger charge is -2.30. The quantitative estimate of drug-likeness (QED) is 0.785. The molecule has 0 bridgehead atoms. The van der Waals surface area contributed by atoms with E-state index in [4.69, 9.17) is 0 Å². The van der Waals surface area contributed by atoms with Crippen LogP contribution in [-0.4, -0.2) is 29.8 Å². The molecule has 3 nitrogen and oxygen atoms in total. The molecule has 1 aliphatic heterocycles. The summed E-state index contributed by atoms with van der Waals surface area (Å²) in [5, 5.41) is 9.43. The molecule has 0 aliphatic carbocycles. The molecule has 2 heterocycles. The molecule has 144 valence electrons. The number of hydrogen-bond acceptors (Lipinski definition) is 3. The normalized spacial score (nSPS) is 15.9. The van der Waals surface area contributed by atoms with Crippen LogP contribution >= 0.6 is 0 Å². The summed E-state index contributed by atoms with van der Waals surface area (Å²) >= 11 is 0. The molecule has 0 saturated carbocycles. The van der Waals surface area contributed by atoms with Gasteiger partial charge in [0.25, 0.3) is 0 Å². The number of piperidine rings is 1. The minimum Gasteiger partial charge on any atom is -0.392 e. The van der Waals surface area contributed by atoms with Gasteiger partial charge in [0, 0.05) is 18.7 Å². The minimum absolute atomic E-state index is 0.244. The number of halogens is 4. The Bertz CT molecular complexity index is 810. The van der Waals surface area contributed by atoms with Crippen molar-refractivity contribution in [3.8, 4) is 0 Å². The zero-order valence-corrected chi connectivity index (χ0v) is 14.6. The molecule has 1 aromatic carbocycles. The Morgan fingerprint density at radius 1 is 1.04 bits per heavy atom. The molecule has 1 saturated heterocycles. The van der Waals surface area contributed by atoms with Crippen LogP contribution in [0.1, 0.15) is 36.1 Å². The summed E-state index contributed by atoms with van der Waals surface area (Å²) in [6.07, 6.45) is -0.243. The van der Waals surface area contributed by atoms with Gasteiger partial charge in [-0.15, -0.1) is 0 Å². The van der Waals surface area contributed by atoms with Gasteiger partial charge < -0.3 is 10.0 Å². The van der Waals surface area contributed by atoms with Crippen LogP contribution in [-0.2, 0) is 6.18 Å². The first-order valence-electron chi connectivity index (χ1n) is 8.80. The second-order valence-electron chi connectivity index (χ2n) is 6.42. The number of rotatable bonds is 4. The predicted molar refractivity (Wildman–Crippen MR) is 95.9 cm³/mol. The van der Waals surface area contributed by atoms with Crippen molar-refractivity contribution in [1.29, 1.82) is 0 Å². The molecule has 1 fully saturated rings. The second kappa shape index (κ2) is 8.08. The van der Waals surface area contributed by atoms with Crippen LogP contribution in [0.4, 0.5) is 23.4 Å². The van der Waals surface area contributed by atoms with Gasteiger partial charge in [-0.05, 0) is 54.7 Å². The molecular formula is C20H20F4N2O. The van der Waals surface area contributed by atoms with E-state index in [0.29, 0.717) is 29.8 Å². The van der Waals surface area contributed by atoms with Gasteiger partial charge in [0.15, 0.2) is 0 Å². The summed E-state index contributed by atoms with van der Waals surface area (Å²) < 4.78 is 52.9. The molecule has 3 rings (SSSR count). The van der Waals surface area contributed by atoms with Crippen molar-refractivity contribution in [3.63, 3.8) is 0 Å². The predicted octanol–water partition coefficient (Wildman–Crippen LogP) is 4.65. The van der Waals surface area contributed by atoms with E-state index >= 15 is 0 Å². The van der Waals surface area contributed by atoms with E-state index in [1.54, 1.807) is 0 Å². The number of alkyl halides is 3. The van der Waals surface area contributed by atoms with Crippen molar-refractivity contribution < 1.29 is 22.7 Å². The molecule has 2 aromatic rings. The maximum Gasteiger partial charge on any atom is 0.433 e. The largest absolute Gasteiger partial charge is 0.433 e. The fourth-order valence-corrected chi connectivity index (χ4v) is 3.27. The topological polar surface area (TPSA) is 36.4 Å². The SMILES string of the molecule is OCC=C(c1ccc(F)cc1)c1ccc(C(F)(F)F)nc1N1CCCCC1. The van der Waals surface area contributed by atoms with E-state index in [-0.39, 0.29) is 12.4 Å². The monoisotopic (exact) mass is 380 g/mol. The maximum atomic E-state index is 13.3. The highest BCUT2D eigenvalue weighted by atomic mass is 19.4. The van der Waals surface area contributed by atoms with E-state index < -0.39 is 17.7 Å². The molecule has 0 unspecified atom stereocenters. The summed E-state index contributed by atoms with van der Waals surface area (Å²) in [7, 11) is 0. The third-order valence-electron chi connectivity index (χ3n) is 4.56. The minimum atomic E-state index is -4.54. The van der Waals surface area contributed by atoms with Crippen LogP contribution in [0.2, 0.25) is 0 Å². The first kappa shape index (κ1) is 19.4. The highest BCUT2D eigenvalue weighted by Gasteiger charge is 2.34. The number of aromatic nitrogens is 1. The Hall–Kier alpha value is -2.41. The molecule has 27 heavy (non-hydrogen) atoms.